The second-order valence-electron chi connectivity index (χ2n) is 20.1. The van der Waals surface area contributed by atoms with Gasteiger partial charge in [-0.25, -0.2) is 4.98 Å². The minimum atomic E-state index is -0.0579. The van der Waals surface area contributed by atoms with E-state index in [0.29, 0.717) is 17.3 Å². The van der Waals surface area contributed by atoms with Crippen LogP contribution in [0, 0.1) is 18.5 Å². The number of rotatable bonds is 7. The molecular weight excluding hydrogens is 990 g/mol. The molecule has 4 aromatic heterocycles. The Morgan fingerprint density at radius 1 is 0.500 bits per heavy atom. The Labute approximate surface area is 402 Å². The van der Waals surface area contributed by atoms with E-state index in [1.165, 1.54) is 22.3 Å². The Morgan fingerprint density at radius 2 is 1.09 bits per heavy atom. The number of fused-ring (bicyclic) bond motifs is 4. The molecule has 0 aliphatic heterocycles. The minimum Gasteiger partial charge on any atom is -0.522 e. The molecule has 0 saturated heterocycles. The van der Waals surface area contributed by atoms with Gasteiger partial charge in [0, 0.05) is 38.5 Å². The molecular formula is C59H53N5OPt-2. The van der Waals surface area contributed by atoms with Crippen LogP contribution in [0.25, 0.3) is 72.4 Å². The van der Waals surface area contributed by atoms with Crippen LogP contribution in [-0.2, 0) is 37.3 Å². The summed E-state index contributed by atoms with van der Waals surface area (Å²) < 4.78 is 13.0. The molecule has 0 N–H and O–H groups in total. The molecule has 0 aliphatic carbocycles. The van der Waals surface area contributed by atoms with Crippen molar-refractivity contribution in [3.8, 4) is 51.1 Å². The number of nitrogens with zero attached hydrogens (tertiary/aromatic N) is 5. The molecule has 0 fully saturated rings. The molecule has 0 bridgehead atoms. The van der Waals surface area contributed by atoms with E-state index in [0.717, 1.165) is 61.0 Å². The predicted octanol–water partition coefficient (Wildman–Crippen LogP) is 14.2. The molecule has 0 unspecified atom stereocenters. The van der Waals surface area contributed by atoms with E-state index in [1.54, 1.807) is 6.20 Å². The maximum absolute atomic E-state index is 6.67. The van der Waals surface area contributed by atoms with E-state index in [-0.39, 0.29) is 37.3 Å². The minimum absolute atomic E-state index is 0. The van der Waals surface area contributed by atoms with E-state index in [2.05, 4.69) is 217 Å². The molecule has 0 aliphatic rings. The van der Waals surface area contributed by atoms with Crippen molar-refractivity contribution in [2.24, 2.45) is 0 Å². The zero-order valence-corrected chi connectivity index (χ0v) is 41.2. The predicted molar refractivity (Wildman–Crippen MR) is 265 cm³/mol. The molecule has 0 spiro atoms. The first kappa shape index (κ1) is 44.6. The van der Waals surface area contributed by atoms with Crippen molar-refractivity contribution in [3.63, 3.8) is 0 Å². The van der Waals surface area contributed by atoms with E-state index >= 15 is 0 Å². The van der Waals surface area contributed by atoms with Gasteiger partial charge in [-0.2, -0.15) is 18.2 Å². The molecule has 7 heteroatoms. The Morgan fingerprint density at radius 3 is 1.73 bits per heavy atom. The average molecular weight is 1040 g/mol. The molecule has 332 valence electrons. The summed E-state index contributed by atoms with van der Waals surface area (Å²) in [5, 5.41) is 2.18. The first-order valence-corrected chi connectivity index (χ1v) is 22.4. The standard InChI is InChI=1S/C59H53N5O.Pt/c1-57(2,3)43-26-28-61-56(35-43)64-51-24-20-41(39-16-12-10-13-17-39)30-50(51)49-23-22-47(36-53(49)64)65-48-27-29-60-55(37-48)63-38-62(46-33-44(58(4,5)6)32-45(34-46)59(7,8)9)54-31-42(21-25-52(54)63)40-18-14-11-15-19-40;/h10-35H,1-9H3;/q-2;. The van der Waals surface area contributed by atoms with E-state index < -0.39 is 0 Å². The molecule has 10 aromatic rings. The zero-order valence-electron chi connectivity index (χ0n) is 39.0. The smallest absolute Gasteiger partial charge is 0.269 e. The Kier molecular flexibility index (Phi) is 11.5. The Balaban J connectivity index is 0.00000548. The van der Waals surface area contributed by atoms with Crippen molar-refractivity contribution in [2.45, 2.75) is 78.6 Å². The topological polar surface area (TPSA) is 48.8 Å². The number of hydrogen-bond acceptors (Lipinski definition) is 3. The Hall–Kier alpha value is -6.62. The van der Waals surface area contributed by atoms with Gasteiger partial charge in [0.2, 0.25) is 0 Å². The molecule has 10 rings (SSSR count). The van der Waals surface area contributed by atoms with Crippen LogP contribution >= 0.6 is 0 Å². The second kappa shape index (κ2) is 17.0. The zero-order chi connectivity index (χ0) is 45.3. The number of hydrogen-bond donors (Lipinski definition) is 0. The maximum Gasteiger partial charge on any atom is 0.269 e. The van der Waals surface area contributed by atoms with Crippen molar-refractivity contribution in [2.75, 3.05) is 0 Å². The number of ether oxygens (including phenoxy) is 1. The maximum atomic E-state index is 6.67. The fourth-order valence-corrected chi connectivity index (χ4v) is 8.56. The quantitative estimate of drug-likeness (QED) is 0.118. The van der Waals surface area contributed by atoms with E-state index in [1.807, 2.05) is 29.0 Å². The van der Waals surface area contributed by atoms with Crippen molar-refractivity contribution in [1.29, 1.82) is 0 Å². The SMILES string of the molecule is CC(C)(C)c1cc(-[n+]2[c-]n(-c3[c-]c(Oc4[c-]c5c(cc4)c4cc(-c6ccccc6)ccc4n5-c4cc(C(C)(C)C)ccn4)ccn3)c3ccc(-c4ccccc4)cc32)cc(C(C)(C)C)c1.[Pt]. The van der Waals surface area contributed by atoms with Gasteiger partial charge in [-0.05, 0) is 103 Å². The van der Waals surface area contributed by atoms with Crippen molar-refractivity contribution < 1.29 is 30.4 Å². The third-order valence-electron chi connectivity index (χ3n) is 12.4. The van der Waals surface area contributed by atoms with Crippen LogP contribution in [-0.4, -0.2) is 19.1 Å². The monoisotopic (exact) mass is 1040 g/mol. The summed E-state index contributed by atoms with van der Waals surface area (Å²) in [6, 6.07) is 58.6. The number of aromatic nitrogens is 5. The molecule has 0 saturated carbocycles. The van der Waals surface area contributed by atoms with Crippen LogP contribution in [0.3, 0.4) is 0 Å². The normalized spacial score (nSPS) is 12.2. The van der Waals surface area contributed by atoms with Gasteiger partial charge in [0.05, 0.1) is 22.5 Å². The van der Waals surface area contributed by atoms with Gasteiger partial charge in [0.15, 0.2) is 0 Å². The molecule has 0 amide bonds. The van der Waals surface area contributed by atoms with Gasteiger partial charge >= 0.3 is 0 Å². The summed E-state index contributed by atoms with van der Waals surface area (Å²) in [6.45, 7) is 20.3. The summed E-state index contributed by atoms with van der Waals surface area (Å²) in [5.74, 6) is 2.47. The first-order valence-electron chi connectivity index (χ1n) is 22.4. The van der Waals surface area contributed by atoms with Crippen LogP contribution in [0.5, 0.6) is 11.5 Å². The second-order valence-corrected chi connectivity index (χ2v) is 20.1. The Bertz CT molecular complexity index is 3370. The third-order valence-corrected chi connectivity index (χ3v) is 12.4. The fourth-order valence-electron chi connectivity index (χ4n) is 8.56. The van der Waals surface area contributed by atoms with Crippen molar-refractivity contribution >= 4 is 32.8 Å². The molecule has 6 aromatic carbocycles. The van der Waals surface area contributed by atoms with Crippen LogP contribution in [0.2, 0.25) is 0 Å². The van der Waals surface area contributed by atoms with Gasteiger partial charge in [0.25, 0.3) is 6.33 Å². The molecule has 0 radical (unpaired) electrons. The van der Waals surface area contributed by atoms with Gasteiger partial charge in [-0.15, -0.1) is 17.5 Å². The summed E-state index contributed by atoms with van der Waals surface area (Å²) in [7, 11) is 0. The molecule has 0 atom stereocenters. The van der Waals surface area contributed by atoms with E-state index in [4.69, 9.17) is 14.7 Å². The van der Waals surface area contributed by atoms with Gasteiger partial charge in [0.1, 0.15) is 5.82 Å². The molecule has 66 heavy (non-hydrogen) atoms. The van der Waals surface area contributed by atoms with Crippen molar-refractivity contribution in [3.05, 3.63) is 193 Å². The van der Waals surface area contributed by atoms with Gasteiger partial charge < -0.3 is 9.30 Å². The van der Waals surface area contributed by atoms with E-state index in [9.17, 15) is 0 Å². The van der Waals surface area contributed by atoms with Gasteiger partial charge in [-0.1, -0.05) is 165 Å². The summed E-state index contributed by atoms with van der Waals surface area (Å²) >= 11 is 0. The summed E-state index contributed by atoms with van der Waals surface area (Å²) in [6.07, 6.45) is 7.38. The number of pyridine rings is 2. The van der Waals surface area contributed by atoms with Crippen molar-refractivity contribution in [1.82, 2.24) is 19.1 Å². The molecule has 6 nitrogen and oxygen atoms in total. The van der Waals surface area contributed by atoms with Crippen LogP contribution in [0.1, 0.15) is 79.0 Å². The van der Waals surface area contributed by atoms with Crippen LogP contribution in [0.4, 0.5) is 0 Å². The average Bonchev–Trinajstić information content (AvgIpc) is 3.84. The number of imidazole rings is 1. The fraction of sp³-hybridized carbons (Fsp3) is 0.203. The molecule has 4 heterocycles. The summed E-state index contributed by atoms with van der Waals surface area (Å²) in [4.78, 5) is 9.78. The van der Waals surface area contributed by atoms with Gasteiger partial charge in [-0.3, -0.25) is 14.1 Å². The largest absolute Gasteiger partial charge is 0.522 e. The number of benzene rings is 6. The summed E-state index contributed by atoms with van der Waals surface area (Å²) in [5.41, 5.74) is 13.1. The first-order chi connectivity index (χ1) is 31.1. The third kappa shape index (κ3) is 8.51. The van der Waals surface area contributed by atoms with Crippen LogP contribution < -0.4 is 9.30 Å². The van der Waals surface area contributed by atoms with Crippen LogP contribution in [0.15, 0.2) is 158 Å².